The van der Waals surface area contributed by atoms with Crippen molar-refractivity contribution in [3.8, 4) is 0 Å². The molecule has 4 rings (SSSR count). The van der Waals surface area contributed by atoms with E-state index >= 15 is 0 Å². The van der Waals surface area contributed by atoms with Crippen LogP contribution in [-0.4, -0.2) is 68.1 Å². The molecule has 1 saturated carbocycles. The van der Waals surface area contributed by atoms with Gasteiger partial charge in [0.1, 0.15) is 0 Å². The topological polar surface area (TPSA) is 83.7 Å². The Balaban J connectivity index is 1.55. The molecule has 0 bridgehead atoms. The molecule has 8 nitrogen and oxygen atoms in total. The van der Waals surface area contributed by atoms with Crippen molar-refractivity contribution in [2.75, 3.05) is 26.2 Å². The van der Waals surface area contributed by atoms with Crippen molar-refractivity contribution in [1.82, 2.24) is 29.6 Å². The lowest BCUT2D eigenvalue weighted by atomic mass is 10.3. The minimum atomic E-state index is -0.0854. The van der Waals surface area contributed by atoms with Crippen LogP contribution in [-0.2, 0) is 4.79 Å². The maximum atomic E-state index is 12.5. The summed E-state index contributed by atoms with van der Waals surface area (Å²) in [5.74, 6) is 1.23. The summed E-state index contributed by atoms with van der Waals surface area (Å²) in [5.41, 5.74) is 0. The lowest BCUT2D eigenvalue weighted by Gasteiger charge is -2.31. The molecule has 0 spiro atoms. The van der Waals surface area contributed by atoms with Crippen LogP contribution < -0.4 is 0 Å². The van der Waals surface area contributed by atoms with E-state index in [0.717, 1.165) is 25.1 Å². The Morgan fingerprint density at radius 3 is 2.62 bits per heavy atom. The molecule has 0 unspecified atom stereocenters. The SMILES string of the molecule is O=CN1CCN(C(=O)c2nn3c(C4CC4)nnc3s2)CC1. The van der Waals surface area contributed by atoms with Gasteiger partial charge in [-0.2, -0.15) is 4.52 Å². The maximum absolute atomic E-state index is 12.5. The summed E-state index contributed by atoms with van der Waals surface area (Å²) in [6, 6.07) is 0. The van der Waals surface area contributed by atoms with Gasteiger partial charge in [-0.3, -0.25) is 9.59 Å². The van der Waals surface area contributed by atoms with E-state index in [1.54, 1.807) is 14.3 Å². The van der Waals surface area contributed by atoms with Crippen molar-refractivity contribution in [2.24, 2.45) is 0 Å². The Morgan fingerprint density at radius 1 is 1.19 bits per heavy atom. The van der Waals surface area contributed by atoms with Crippen molar-refractivity contribution in [1.29, 1.82) is 0 Å². The Hall–Kier alpha value is -2.03. The summed E-state index contributed by atoms with van der Waals surface area (Å²) in [6.45, 7) is 2.25. The van der Waals surface area contributed by atoms with Gasteiger partial charge in [0.15, 0.2) is 5.82 Å². The average molecular weight is 306 g/mol. The molecule has 3 heterocycles. The molecule has 1 aliphatic carbocycles. The molecule has 2 aromatic rings. The van der Waals surface area contributed by atoms with E-state index in [1.165, 1.54) is 11.3 Å². The fourth-order valence-corrected chi connectivity index (χ4v) is 3.29. The Kier molecular flexibility index (Phi) is 2.88. The summed E-state index contributed by atoms with van der Waals surface area (Å²) < 4.78 is 1.71. The number of hydrogen-bond donors (Lipinski definition) is 0. The van der Waals surface area contributed by atoms with E-state index in [0.29, 0.717) is 42.1 Å². The molecule has 2 aliphatic rings. The summed E-state index contributed by atoms with van der Waals surface area (Å²) in [5, 5.41) is 13.1. The third-order valence-corrected chi connectivity index (χ3v) is 4.78. The second kappa shape index (κ2) is 4.76. The van der Waals surface area contributed by atoms with Gasteiger partial charge in [0.2, 0.25) is 16.4 Å². The van der Waals surface area contributed by atoms with E-state index in [4.69, 9.17) is 0 Å². The first-order valence-corrected chi connectivity index (χ1v) is 7.78. The zero-order valence-electron chi connectivity index (χ0n) is 11.3. The van der Waals surface area contributed by atoms with Gasteiger partial charge in [-0.05, 0) is 12.8 Å². The molecule has 2 fully saturated rings. The van der Waals surface area contributed by atoms with Gasteiger partial charge in [-0.15, -0.1) is 15.3 Å². The number of nitrogens with zero attached hydrogens (tertiary/aromatic N) is 6. The quantitative estimate of drug-likeness (QED) is 0.744. The average Bonchev–Trinajstić information content (AvgIpc) is 3.15. The molecule has 110 valence electrons. The van der Waals surface area contributed by atoms with Gasteiger partial charge < -0.3 is 9.80 Å². The molecular weight excluding hydrogens is 292 g/mol. The van der Waals surface area contributed by atoms with Crippen molar-refractivity contribution >= 4 is 28.6 Å². The predicted molar refractivity (Wildman–Crippen MR) is 74.2 cm³/mol. The second-order valence-corrected chi connectivity index (χ2v) is 6.32. The minimum absolute atomic E-state index is 0.0854. The lowest BCUT2D eigenvalue weighted by molar-refractivity contribution is -0.119. The van der Waals surface area contributed by atoms with Crippen LogP contribution in [0.15, 0.2) is 0 Å². The minimum Gasteiger partial charge on any atom is -0.342 e. The van der Waals surface area contributed by atoms with Crippen LogP contribution in [0.3, 0.4) is 0 Å². The molecule has 0 aromatic carbocycles. The number of carbonyl (C=O) groups excluding carboxylic acids is 2. The number of piperazine rings is 1. The molecule has 2 amide bonds. The van der Waals surface area contributed by atoms with E-state index in [9.17, 15) is 9.59 Å². The number of amides is 2. The highest BCUT2D eigenvalue weighted by molar-refractivity contribution is 7.18. The second-order valence-electron chi connectivity index (χ2n) is 5.37. The smallest absolute Gasteiger partial charge is 0.284 e. The molecule has 0 atom stereocenters. The van der Waals surface area contributed by atoms with Crippen molar-refractivity contribution in [3.05, 3.63) is 10.8 Å². The molecule has 0 N–H and O–H groups in total. The summed E-state index contributed by atoms with van der Waals surface area (Å²) in [7, 11) is 0. The monoisotopic (exact) mass is 306 g/mol. The fourth-order valence-electron chi connectivity index (χ4n) is 2.48. The third kappa shape index (κ3) is 2.17. The molecule has 2 aromatic heterocycles. The highest BCUT2D eigenvalue weighted by atomic mass is 32.1. The van der Waals surface area contributed by atoms with Gasteiger partial charge >= 0.3 is 0 Å². The van der Waals surface area contributed by atoms with Gasteiger partial charge in [0.05, 0.1) is 0 Å². The lowest BCUT2D eigenvalue weighted by Crippen LogP contribution is -2.48. The molecule has 21 heavy (non-hydrogen) atoms. The van der Waals surface area contributed by atoms with Crippen LogP contribution in [0.4, 0.5) is 0 Å². The van der Waals surface area contributed by atoms with E-state index in [1.807, 2.05) is 0 Å². The molecule has 0 radical (unpaired) electrons. The Labute approximate surface area is 124 Å². The highest BCUT2D eigenvalue weighted by Crippen LogP contribution is 2.39. The highest BCUT2D eigenvalue weighted by Gasteiger charge is 2.31. The first-order valence-electron chi connectivity index (χ1n) is 6.97. The zero-order chi connectivity index (χ0) is 14.4. The normalized spacial score (nSPS) is 19.2. The molecule has 1 aliphatic heterocycles. The van der Waals surface area contributed by atoms with Gasteiger partial charge in [0, 0.05) is 32.1 Å². The maximum Gasteiger partial charge on any atom is 0.284 e. The Bertz CT molecular complexity index is 698. The van der Waals surface area contributed by atoms with Crippen molar-refractivity contribution in [2.45, 2.75) is 18.8 Å². The summed E-state index contributed by atoms with van der Waals surface area (Å²) in [4.78, 5) is 27.2. The van der Waals surface area contributed by atoms with Gasteiger partial charge in [-0.25, -0.2) is 0 Å². The molecular formula is C12H14N6O2S. The standard InChI is InChI=1S/C12H14N6O2S/c19-7-16-3-5-17(6-4-16)11(20)10-15-18-9(8-1-2-8)13-14-12(18)21-10/h7-8H,1-6H2. The first-order chi connectivity index (χ1) is 10.3. The van der Waals surface area contributed by atoms with Crippen LogP contribution in [0.25, 0.3) is 4.96 Å². The summed E-state index contributed by atoms with van der Waals surface area (Å²) >= 11 is 1.28. The van der Waals surface area contributed by atoms with Gasteiger partial charge in [0.25, 0.3) is 5.91 Å². The van der Waals surface area contributed by atoms with E-state index in [2.05, 4.69) is 15.3 Å². The number of carbonyl (C=O) groups is 2. The first kappa shape index (κ1) is 12.7. The van der Waals surface area contributed by atoms with Crippen molar-refractivity contribution < 1.29 is 9.59 Å². The molecule has 1 saturated heterocycles. The van der Waals surface area contributed by atoms with Crippen LogP contribution >= 0.6 is 11.3 Å². The number of hydrogen-bond acceptors (Lipinski definition) is 6. The summed E-state index contributed by atoms with van der Waals surface area (Å²) in [6.07, 6.45) is 3.07. The van der Waals surface area contributed by atoms with Crippen LogP contribution in [0.5, 0.6) is 0 Å². The number of rotatable bonds is 3. The number of aromatic nitrogens is 4. The van der Waals surface area contributed by atoms with E-state index in [-0.39, 0.29) is 5.91 Å². The largest absolute Gasteiger partial charge is 0.342 e. The molecule has 9 heteroatoms. The zero-order valence-corrected chi connectivity index (χ0v) is 12.1. The number of fused-ring (bicyclic) bond motifs is 1. The Morgan fingerprint density at radius 2 is 1.95 bits per heavy atom. The van der Waals surface area contributed by atoms with Crippen LogP contribution in [0.2, 0.25) is 0 Å². The van der Waals surface area contributed by atoms with Gasteiger partial charge in [-0.1, -0.05) is 11.3 Å². The van der Waals surface area contributed by atoms with Crippen LogP contribution in [0, 0.1) is 0 Å². The predicted octanol–water partition coefficient (Wildman–Crippen LogP) is -0.0226. The third-order valence-electron chi connectivity index (χ3n) is 3.89. The van der Waals surface area contributed by atoms with Crippen molar-refractivity contribution in [3.63, 3.8) is 0 Å². The fraction of sp³-hybridized carbons (Fsp3) is 0.583. The van der Waals surface area contributed by atoms with Crippen LogP contribution in [0.1, 0.15) is 34.4 Å². The van der Waals surface area contributed by atoms with E-state index < -0.39 is 0 Å².